The Morgan fingerprint density at radius 2 is 1.50 bits per heavy atom. The van der Waals surface area contributed by atoms with E-state index in [1.54, 1.807) is 30.3 Å². The Morgan fingerprint density at radius 3 is 2.15 bits per heavy atom. The van der Waals surface area contributed by atoms with Crippen molar-refractivity contribution in [1.82, 2.24) is 10.2 Å². The van der Waals surface area contributed by atoms with E-state index < -0.39 is 11.9 Å². The fourth-order valence-corrected chi connectivity index (χ4v) is 3.67. The number of amides is 2. The van der Waals surface area contributed by atoms with Crippen LogP contribution in [0.4, 0.5) is 8.78 Å². The molecule has 0 aromatic heterocycles. The lowest BCUT2D eigenvalue weighted by atomic mass is 10.0. The molecule has 2 amide bonds. The Balaban J connectivity index is 1.96. The molecule has 0 saturated heterocycles. The van der Waals surface area contributed by atoms with Crippen LogP contribution in [0.25, 0.3) is 0 Å². The number of benzene rings is 3. The third-order valence-corrected chi connectivity index (χ3v) is 5.52. The summed E-state index contributed by atoms with van der Waals surface area (Å²) in [6.45, 7) is 4.55. The van der Waals surface area contributed by atoms with Gasteiger partial charge in [-0.05, 0) is 40.8 Å². The fourth-order valence-electron chi connectivity index (χ4n) is 3.67. The van der Waals surface area contributed by atoms with Crippen molar-refractivity contribution in [3.8, 4) is 0 Å². The van der Waals surface area contributed by atoms with Gasteiger partial charge in [-0.15, -0.1) is 0 Å². The zero-order valence-corrected chi connectivity index (χ0v) is 19.5. The van der Waals surface area contributed by atoms with Gasteiger partial charge in [0.05, 0.1) is 6.42 Å². The highest BCUT2D eigenvalue weighted by Crippen LogP contribution is 2.18. The molecule has 6 heteroatoms. The molecule has 34 heavy (non-hydrogen) atoms. The van der Waals surface area contributed by atoms with Crippen molar-refractivity contribution >= 4 is 11.8 Å². The van der Waals surface area contributed by atoms with Crippen molar-refractivity contribution in [1.29, 1.82) is 0 Å². The number of carbonyl (C=O) groups excluding carboxylic acids is 2. The van der Waals surface area contributed by atoms with Crippen LogP contribution in [0.3, 0.4) is 0 Å². The Bertz CT molecular complexity index is 1090. The molecule has 0 aliphatic rings. The zero-order valence-electron chi connectivity index (χ0n) is 19.5. The normalized spacial score (nSPS) is 11.8. The summed E-state index contributed by atoms with van der Waals surface area (Å²) in [5.74, 6) is -1.28. The predicted molar refractivity (Wildman–Crippen MR) is 129 cm³/mol. The highest BCUT2D eigenvalue weighted by molar-refractivity contribution is 5.88. The van der Waals surface area contributed by atoms with Gasteiger partial charge in [-0.3, -0.25) is 9.59 Å². The number of rotatable bonds is 10. The van der Waals surface area contributed by atoms with E-state index in [-0.39, 0.29) is 42.1 Å². The Hall–Kier alpha value is -3.54. The third-order valence-electron chi connectivity index (χ3n) is 5.52. The van der Waals surface area contributed by atoms with Gasteiger partial charge in [0, 0.05) is 19.5 Å². The van der Waals surface area contributed by atoms with Crippen molar-refractivity contribution in [2.45, 2.75) is 39.3 Å². The minimum Gasteiger partial charge on any atom is -0.354 e. The van der Waals surface area contributed by atoms with Crippen LogP contribution in [0.1, 0.15) is 30.5 Å². The molecule has 1 atom stereocenters. The van der Waals surface area contributed by atoms with Gasteiger partial charge < -0.3 is 10.2 Å². The maximum Gasteiger partial charge on any atom is 0.243 e. The number of hydrogen-bond donors (Lipinski definition) is 1. The number of hydrogen-bond acceptors (Lipinski definition) is 2. The number of nitrogens with zero attached hydrogens (tertiary/aromatic N) is 1. The van der Waals surface area contributed by atoms with Crippen molar-refractivity contribution in [3.05, 3.63) is 107 Å². The minimum atomic E-state index is -0.814. The van der Waals surface area contributed by atoms with Gasteiger partial charge >= 0.3 is 0 Å². The molecule has 0 radical (unpaired) electrons. The smallest absolute Gasteiger partial charge is 0.243 e. The van der Waals surface area contributed by atoms with Gasteiger partial charge in [0.25, 0.3) is 0 Å². The lowest BCUT2D eigenvalue weighted by molar-refractivity contribution is -0.140. The molecule has 3 rings (SSSR count). The van der Waals surface area contributed by atoms with Gasteiger partial charge in [0.1, 0.15) is 17.7 Å². The van der Waals surface area contributed by atoms with E-state index in [9.17, 15) is 18.4 Å². The average Bonchev–Trinajstić information content (AvgIpc) is 2.83. The highest BCUT2D eigenvalue weighted by atomic mass is 19.1. The maximum absolute atomic E-state index is 14.3. The van der Waals surface area contributed by atoms with Gasteiger partial charge in [0.15, 0.2) is 0 Å². The van der Waals surface area contributed by atoms with E-state index in [0.717, 1.165) is 5.56 Å². The van der Waals surface area contributed by atoms with Crippen molar-refractivity contribution < 1.29 is 18.4 Å². The fraction of sp³-hybridized carbons (Fsp3) is 0.286. The monoisotopic (exact) mass is 464 g/mol. The molecule has 4 nitrogen and oxygen atoms in total. The van der Waals surface area contributed by atoms with Crippen LogP contribution in [0.5, 0.6) is 0 Å². The highest BCUT2D eigenvalue weighted by Gasteiger charge is 2.30. The molecular weight excluding hydrogens is 434 g/mol. The van der Waals surface area contributed by atoms with Gasteiger partial charge in [-0.1, -0.05) is 74.5 Å². The zero-order chi connectivity index (χ0) is 24.5. The molecule has 0 aliphatic carbocycles. The quantitative estimate of drug-likeness (QED) is 0.463. The molecule has 3 aromatic rings. The van der Waals surface area contributed by atoms with Gasteiger partial charge in [-0.2, -0.15) is 0 Å². The van der Waals surface area contributed by atoms with E-state index in [2.05, 4.69) is 5.32 Å². The lowest BCUT2D eigenvalue weighted by Gasteiger charge is -2.32. The topological polar surface area (TPSA) is 49.4 Å². The van der Waals surface area contributed by atoms with Crippen LogP contribution < -0.4 is 5.32 Å². The molecule has 0 fully saturated rings. The maximum atomic E-state index is 14.3. The lowest BCUT2D eigenvalue weighted by Crippen LogP contribution is -2.51. The predicted octanol–water partition coefficient (Wildman–Crippen LogP) is 4.92. The van der Waals surface area contributed by atoms with E-state index in [0.29, 0.717) is 18.5 Å². The summed E-state index contributed by atoms with van der Waals surface area (Å²) < 4.78 is 27.8. The second kappa shape index (κ2) is 12.1. The van der Waals surface area contributed by atoms with E-state index in [4.69, 9.17) is 0 Å². The first-order valence-electron chi connectivity index (χ1n) is 11.4. The molecule has 0 spiro atoms. The summed E-state index contributed by atoms with van der Waals surface area (Å²) in [6.07, 6.45) is 0.117. The molecular formula is C28H30F2N2O2. The average molecular weight is 465 g/mol. The molecule has 0 saturated carbocycles. The molecule has 0 bridgehead atoms. The molecule has 3 aromatic carbocycles. The van der Waals surface area contributed by atoms with Crippen LogP contribution in [-0.2, 0) is 29.0 Å². The largest absolute Gasteiger partial charge is 0.354 e. The summed E-state index contributed by atoms with van der Waals surface area (Å²) >= 11 is 0. The first kappa shape index (κ1) is 25.1. The van der Waals surface area contributed by atoms with Gasteiger partial charge in [0.2, 0.25) is 11.8 Å². The molecule has 1 unspecified atom stereocenters. The van der Waals surface area contributed by atoms with Crippen LogP contribution in [-0.4, -0.2) is 29.3 Å². The van der Waals surface area contributed by atoms with Crippen LogP contribution in [0.2, 0.25) is 0 Å². The van der Waals surface area contributed by atoms with Crippen LogP contribution in [0, 0.1) is 17.6 Å². The van der Waals surface area contributed by atoms with Crippen molar-refractivity contribution in [2.75, 3.05) is 6.54 Å². The first-order valence-corrected chi connectivity index (χ1v) is 11.4. The second-order valence-electron chi connectivity index (χ2n) is 8.76. The third kappa shape index (κ3) is 7.24. The molecule has 0 heterocycles. The summed E-state index contributed by atoms with van der Waals surface area (Å²) in [4.78, 5) is 28.3. The van der Waals surface area contributed by atoms with Crippen molar-refractivity contribution in [2.24, 2.45) is 5.92 Å². The van der Waals surface area contributed by atoms with Crippen molar-refractivity contribution in [3.63, 3.8) is 0 Å². The van der Waals surface area contributed by atoms with E-state index >= 15 is 0 Å². The Morgan fingerprint density at radius 1 is 0.853 bits per heavy atom. The minimum absolute atomic E-state index is 0.0974. The summed E-state index contributed by atoms with van der Waals surface area (Å²) in [5, 5.41) is 2.94. The molecule has 1 N–H and O–H groups in total. The summed E-state index contributed by atoms with van der Waals surface area (Å²) in [5.41, 5.74) is 1.84. The summed E-state index contributed by atoms with van der Waals surface area (Å²) in [6, 6.07) is 20.6. The first-order chi connectivity index (χ1) is 16.3. The van der Waals surface area contributed by atoms with E-state index in [1.165, 1.54) is 23.1 Å². The number of carbonyl (C=O) groups is 2. The SMILES string of the molecule is CC(C)CNC(=O)C(Cc1ccccc1)N(Cc1ccc(F)cc1)C(=O)Cc1ccccc1F. The Kier molecular flexibility index (Phi) is 8.91. The number of nitrogens with one attached hydrogen (secondary N) is 1. The van der Waals surface area contributed by atoms with E-state index in [1.807, 2.05) is 44.2 Å². The number of halogens is 2. The standard InChI is InChI=1S/C28H30F2N2O2/c1-20(2)18-31-28(34)26(16-21-8-4-3-5-9-21)32(19-22-12-14-24(29)15-13-22)27(33)17-23-10-6-7-11-25(23)30/h3-15,20,26H,16-19H2,1-2H3,(H,31,34). The summed E-state index contributed by atoms with van der Waals surface area (Å²) in [7, 11) is 0. The Labute approximate surface area is 199 Å². The van der Waals surface area contributed by atoms with Crippen LogP contribution >= 0.6 is 0 Å². The second-order valence-corrected chi connectivity index (χ2v) is 8.76. The molecule has 178 valence electrons. The van der Waals surface area contributed by atoms with Crippen LogP contribution in [0.15, 0.2) is 78.9 Å². The van der Waals surface area contributed by atoms with Gasteiger partial charge in [-0.25, -0.2) is 8.78 Å². The molecule has 0 aliphatic heterocycles.